The van der Waals surface area contributed by atoms with Crippen molar-refractivity contribution in [2.24, 2.45) is 0 Å². The van der Waals surface area contributed by atoms with E-state index < -0.39 is 5.97 Å². The number of fused-ring (bicyclic) bond motifs is 1. The van der Waals surface area contributed by atoms with Crippen LogP contribution in [0.4, 0.5) is 0 Å². The SMILES string of the molecule is COCC(=O)Oc1ccccc1/C=C/c1ccc2cccc(OC)c2n1. The highest BCUT2D eigenvalue weighted by atomic mass is 16.6. The number of pyridine rings is 1. The number of rotatable bonds is 6. The van der Waals surface area contributed by atoms with Crippen molar-refractivity contribution in [2.75, 3.05) is 20.8 Å². The highest BCUT2D eigenvalue weighted by Crippen LogP contribution is 2.25. The fraction of sp³-hybridized carbons (Fsp3) is 0.143. The molecule has 0 saturated carbocycles. The quantitative estimate of drug-likeness (QED) is 0.498. The lowest BCUT2D eigenvalue weighted by Gasteiger charge is -2.07. The second-order valence-electron chi connectivity index (χ2n) is 5.55. The van der Waals surface area contributed by atoms with Crippen molar-refractivity contribution < 1.29 is 19.0 Å². The summed E-state index contributed by atoms with van der Waals surface area (Å²) in [5.74, 6) is 0.762. The van der Waals surface area contributed by atoms with E-state index in [9.17, 15) is 4.79 Å². The molecule has 3 rings (SSSR count). The number of aromatic nitrogens is 1. The third kappa shape index (κ3) is 4.07. The number of para-hydroxylation sites is 2. The summed E-state index contributed by atoms with van der Waals surface area (Å²) < 4.78 is 15.5. The van der Waals surface area contributed by atoms with Crippen molar-refractivity contribution in [1.82, 2.24) is 4.98 Å². The highest BCUT2D eigenvalue weighted by Gasteiger charge is 2.07. The van der Waals surface area contributed by atoms with Gasteiger partial charge in [0.15, 0.2) is 0 Å². The van der Waals surface area contributed by atoms with E-state index in [-0.39, 0.29) is 6.61 Å². The Labute approximate surface area is 151 Å². The molecule has 0 unspecified atom stereocenters. The molecule has 5 nitrogen and oxygen atoms in total. The Morgan fingerprint density at radius 1 is 0.962 bits per heavy atom. The average Bonchev–Trinajstić information content (AvgIpc) is 2.67. The van der Waals surface area contributed by atoms with E-state index in [1.54, 1.807) is 13.2 Å². The molecule has 0 atom stereocenters. The van der Waals surface area contributed by atoms with Crippen LogP contribution in [0.2, 0.25) is 0 Å². The maximum atomic E-state index is 11.7. The molecule has 0 aliphatic heterocycles. The predicted molar refractivity (Wildman–Crippen MR) is 101 cm³/mol. The summed E-state index contributed by atoms with van der Waals surface area (Å²) in [6, 6.07) is 17.0. The van der Waals surface area contributed by atoms with E-state index in [4.69, 9.17) is 14.2 Å². The summed E-state index contributed by atoms with van der Waals surface area (Å²) in [5.41, 5.74) is 2.36. The molecular weight excluding hydrogens is 330 g/mol. The van der Waals surface area contributed by atoms with Crippen molar-refractivity contribution in [3.05, 3.63) is 65.9 Å². The van der Waals surface area contributed by atoms with Crippen LogP contribution in [-0.2, 0) is 9.53 Å². The summed E-state index contributed by atoms with van der Waals surface area (Å²) in [7, 11) is 3.08. The van der Waals surface area contributed by atoms with E-state index in [1.165, 1.54) is 7.11 Å². The van der Waals surface area contributed by atoms with E-state index in [0.717, 1.165) is 27.9 Å². The van der Waals surface area contributed by atoms with E-state index >= 15 is 0 Å². The van der Waals surface area contributed by atoms with E-state index in [2.05, 4.69) is 4.98 Å². The van der Waals surface area contributed by atoms with Crippen LogP contribution in [-0.4, -0.2) is 31.8 Å². The van der Waals surface area contributed by atoms with Crippen molar-refractivity contribution >= 4 is 29.0 Å². The van der Waals surface area contributed by atoms with Crippen LogP contribution < -0.4 is 9.47 Å². The number of hydrogen-bond donors (Lipinski definition) is 0. The number of carbonyl (C=O) groups is 1. The molecule has 0 aliphatic carbocycles. The molecule has 26 heavy (non-hydrogen) atoms. The molecular formula is C21H19NO4. The first-order valence-electron chi connectivity index (χ1n) is 8.12. The van der Waals surface area contributed by atoms with Gasteiger partial charge in [-0.05, 0) is 30.4 Å². The van der Waals surface area contributed by atoms with Gasteiger partial charge < -0.3 is 14.2 Å². The summed E-state index contributed by atoms with van der Waals surface area (Å²) >= 11 is 0. The second kappa shape index (κ2) is 8.27. The molecule has 3 aromatic rings. The summed E-state index contributed by atoms with van der Waals surface area (Å²) in [5, 5.41) is 1.01. The lowest BCUT2D eigenvalue weighted by molar-refractivity contribution is -0.138. The Kier molecular flexibility index (Phi) is 5.61. The standard InChI is InChI=1S/C21H19NO4/c1-24-14-20(23)26-18-8-4-3-6-15(18)10-12-17-13-11-16-7-5-9-19(25-2)21(16)22-17/h3-13H,14H2,1-2H3/b12-10+. The molecule has 132 valence electrons. The van der Waals surface area contributed by atoms with Gasteiger partial charge >= 0.3 is 5.97 Å². The largest absolute Gasteiger partial charge is 0.494 e. The molecule has 0 N–H and O–H groups in total. The Hall–Kier alpha value is -3.18. The van der Waals surface area contributed by atoms with Crippen LogP contribution in [0.3, 0.4) is 0 Å². The molecule has 1 aromatic heterocycles. The number of hydrogen-bond acceptors (Lipinski definition) is 5. The first-order chi connectivity index (χ1) is 12.7. The second-order valence-corrected chi connectivity index (χ2v) is 5.55. The average molecular weight is 349 g/mol. The predicted octanol–water partition coefficient (Wildman–Crippen LogP) is 3.97. The normalized spacial score (nSPS) is 11.0. The van der Waals surface area contributed by atoms with Gasteiger partial charge in [-0.15, -0.1) is 0 Å². The zero-order valence-electron chi connectivity index (χ0n) is 14.6. The smallest absolute Gasteiger partial charge is 0.337 e. The number of methoxy groups -OCH3 is 2. The number of carbonyl (C=O) groups excluding carboxylic acids is 1. The van der Waals surface area contributed by atoms with Crippen LogP contribution in [0.15, 0.2) is 54.6 Å². The minimum atomic E-state index is -0.443. The minimum Gasteiger partial charge on any atom is -0.494 e. The van der Waals surface area contributed by atoms with Crippen LogP contribution in [0.5, 0.6) is 11.5 Å². The zero-order chi connectivity index (χ0) is 18.4. The van der Waals surface area contributed by atoms with Crippen molar-refractivity contribution in [3.8, 4) is 11.5 Å². The van der Waals surface area contributed by atoms with Crippen LogP contribution >= 0.6 is 0 Å². The molecule has 0 amide bonds. The van der Waals surface area contributed by atoms with Gasteiger partial charge in [0, 0.05) is 18.1 Å². The Balaban J connectivity index is 1.88. The third-order valence-corrected chi connectivity index (χ3v) is 3.76. The van der Waals surface area contributed by atoms with Crippen molar-refractivity contribution in [3.63, 3.8) is 0 Å². The lowest BCUT2D eigenvalue weighted by Crippen LogP contribution is -2.14. The maximum Gasteiger partial charge on any atom is 0.337 e. The fourth-order valence-electron chi connectivity index (χ4n) is 2.55. The lowest BCUT2D eigenvalue weighted by atomic mass is 10.1. The summed E-state index contributed by atoms with van der Waals surface area (Å²) in [6.45, 7) is -0.0932. The number of nitrogens with zero attached hydrogens (tertiary/aromatic N) is 1. The van der Waals surface area contributed by atoms with Gasteiger partial charge in [-0.2, -0.15) is 0 Å². The van der Waals surface area contributed by atoms with Crippen molar-refractivity contribution in [1.29, 1.82) is 0 Å². The van der Waals surface area contributed by atoms with Gasteiger partial charge in [-0.1, -0.05) is 36.4 Å². The molecule has 2 aromatic carbocycles. The topological polar surface area (TPSA) is 57.7 Å². The molecule has 0 aliphatic rings. The number of esters is 1. The Morgan fingerprint density at radius 2 is 1.77 bits per heavy atom. The van der Waals surface area contributed by atoms with E-state index in [0.29, 0.717) is 5.75 Å². The first-order valence-corrected chi connectivity index (χ1v) is 8.12. The van der Waals surface area contributed by atoms with Gasteiger partial charge in [0.1, 0.15) is 23.6 Å². The molecule has 0 radical (unpaired) electrons. The number of benzene rings is 2. The van der Waals surface area contributed by atoms with Gasteiger partial charge in [-0.3, -0.25) is 0 Å². The van der Waals surface area contributed by atoms with Crippen LogP contribution in [0.1, 0.15) is 11.3 Å². The van der Waals surface area contributed by atoms with Gasteiger partial charge in [-0.25, -0.2) is 9.78 Å². The molecule has 0 fully saturated rings. The van der Waals surface area contributed by atoms with Crippen molar-refractivity contribution in [2.45, 2.75) is 0 Å². The van der Waals surface area contributed by atoms with E-state index in [1.807, 2.05) is 60.7 Å². The molecule has 1 heterocycles. The molecule has 5 heteroatoms. The molecule has 0 spiro atoms. The minimum absolute atomic E-state index is 0.0932. The first kappa shape index (κ1) is 17.6. The Morgan fingerprint density at radius 3 is 2.58 bits per heavy atom. The maximum absolute atomic E-state index is 11.7. The third-order valence-electron chi connectivity index (χ3n) is 3.76. The number of ether oxygens (including phenoxy) is 3. The summed E-state index contributed by atoms with van der Waals surface area (Å²) in [6.07, 6.45) is 3.73. The van der Waals surface area contributed by atoms with Crippen LogP contribution in [0, 0.1) is 0 Å². The molecule has 0 saturated heterocycles. The monoisotopic (exact) mass is 349 g/mol. The highest BCUT2D eigenvalue weighted by molar-refractivity contribution is 5.86. The van der Waals surface area contributed by atoms with Gasteiger partial charge in [0.05, 0.1) is 12.8 Å². The Bertz CT molecular complexity index is 950. The van der Waals surface area contributed by atoms with Crippen LogP contribution in [0.25, 0.3) is 23.1 Å². The summed E-state index contributed by atoms with van der Waals surface area (Å²) in [4.78, 5) is 16.3. The fourth-order valence-corrected chi connectivity index (χ4v) is 2.55. The van der Waals surface area contributed by atoms with Gasteiger partial charge in [0.25, 0.3) is 0 Å². The molecule has 0 bridgehead atoms. The zero-order valence-corrected chi connectivity index (χ0v) is 14.6. The van der Waals surface area contributed by atoms with Gasteiger partial charge in [0.2, 0.25) is 0 Å².